The van der Waals surface area contributed by atoms with E-state index in [2.05, 4.69) is 20.4 Å². The first-order valence-corrected chi connectivity index (χ1v) is 5.21. The van der Waals surface area contributed by atoms with Gasteiger partial charge >= 0.3 is 0 Å². The van der Waals surface area contributed by atoms with Gasteiger partial charge in [0.25, 0.3) is 5.91 Å². The van der Waals surface area contributed by atoms with Gasteiger partial charge in [0, 0.05) is 6.54 Å². The lowest BCUT2D eigenvalue weighted by Gasteiger charge is -2.13. The van der Waals surface area contributed by atoms with E-state index in [0.717, 1.165) is 13.0 Å². The van der Waals surface area contributed by atoms with Crippen molar-refractivity contribution < 1.29 is 4.79 Å². The molecule has 1 unspecified atom stereocenters. The molecule has 1 amide bonds. The zero-order chi connectivity index (χ0) is 11.3. The molecule has 1 aliphatic rings. The van der Waals surface area contributed by atoms with Gasteiger partial charge in [0.1, 0.15) is 0 Å². The van der Waals surface area contributed by atoms with Gasteiger partial charge in [0.15, 0.2) is 5.38 Å². The van der Waals surface area contributed by atoms with E-state index in [1.165, 1.54) is 6.21 Å². The molecule has 1 aliphatic heterocycles. The minimum absolute atomic E-state index is 0.314. The first-order chi connectivity index (χ1) is 7.11. The molecule has 0 saturated heterocycles. The third kappa shape index (κ3) is 3.97. The SMILES string of the molecule is CN(C)CCCN=C1C=NNC(=O)C1Cl. The molecule has 0 fully saturated rings. The van der Waals surface area contributed by atoms with Crippen LogP contribution in [0.1, 0.15) is 6.42 Å². The number of rotatable bonds is 4. The largest absolute Gasteiger partial charge is 0.309 e. The summed E-state index contributed by atoms with van der Waals surface area (Å²) in [5, 5.41) is 2.95. The van der Waals surface area contributed by atoms with Crippen LogP contribution in [0, 0.1) is 0 Å². The van der Waals surface area contributed by atoms with E-state index in [9.17, 15) is 4.79 Å². The van der Waals surface area contributed by atoms with E-state index in [-0.39, 0.29) is 5.91 Å². The highest BCUT2D eigenvalue weighted by Gasteiger charge is 2.23. The fourth-order valence-corrected chi connectivity index (χ4v) is 1.31. The predicted octanol–water partition coefficient (Wildman–Crippen LogP) is 0.102. The number of hydrazone groups is 1. The molecule has 15 heavy (non-hydrogen) atoms. The Hall–Kier alpha value is -0.940. The highest BCUT2D eigenvalue weighted by molar-refractivity contribution is 6.54. The molecular weight excluding hydrogens is 216 g/mol. The molecule has 0 aromatic rings. The van der Waals surface area contributed by atoms with Crippen molar-refractivity contribution in [1.82, 2.24) is 10.3 Å². The number of hydrogen-bond acceptors (Lipinski definition) is 4. The average Bonchev–Trinajstić information content (AvgIpc) is 2.18. The molecule has 1 atom stereocenters. The standard InChI is InChI=1S/C9H15ClN4O/c1-14(2)5-3-4-11-7-6-12-13-9(15)8(7)10/h6,8H,3-5H2,1-2H3,(H,13,15). The summed E-state index contributed by atoms with van der Waals surface area (Å²) in [6, 6.07) is 0. The number of aliphatic imine (C=N–C) groups is 1. The Kier molecular flexibility index (Phi) is 4.71. The second-order valence-corrected chi connectivity index (χ2v) is 4.00. The zero-order valence-electron chi connectivity index (χ0n) is 8.90. The summed E-state index contributed by atoms with van der Waals surface area (Å²) in [7, 11) is 4.01. The minimum atomic E-state index is -0.707. The van der Waals surface area contributed by atoms with E-state index >= 15 is 0 Å². The minimum Gasteiger partial charge on any atom is -0.309 e. The number of alkyl halides is 1. The molecule has 1 rings (SSSR count). The van der Waals surface area contributed by atoms with Gasteiger partial charge in [-0.2, -0.15) is 5.10 Å². The number of carbonyl (C=O) groups is 1. The molecule has 1 N–H and O–H groups in total. The van der Waals surface area contributed by atoms with Gasteiger partial charge in [0.05, 0.1) is 11.9 Å². The molecule has 0 aromatic heterocycles. The molecule has 0 saturated carbocycles. The van der Waals surface area contributed by atoms with Crippen molar-refractivity contribution in [2.75, 3.05) is 27.2 Å². The molecule has 0 bridgehead atoms. The van der Waals surface area contributed by atoms with Crippen molar-refractivity contribution in [3.05, 3.63) is 0 Å². The van der Waals surface area contributed by atoms with Gasteiger partial charge in [-0.3, -0.25) is 9.79 Å². The van der Waals surface area contributed by atoms with Crippen LogP contribution < -0.4 is 5.43 Å². The van der Waals surface area contributed by atoms with Crippen molar-refractivity contribution in [2.45, 2.75) is 11.8 Å². The van der Waals surface area contributed by atoms with Crippen molar-refractivity contribution in [3.8, 4) is 0 Å². The first-order valence-electron chi connectivity index (χ1n) is 4.77. The number of nitrogens with zero attached hydrogens (tertiary/aromatic N) is 3. The maximum atomic E-state index is 11.1. The van der Waals surface area contributed by atoms with Gasteiger partial charge in [-0.25, -0.2) is 5.43 Å². The molecule has 0 radical (unpaired) electrons. The summed E-state index contributed by atoms with van der Waals surface area (Å²) in [5.41, 5.74) is 2.82. The number of halogens is 1. The highest BCUT2D eigenvalue weighted by atomic mass is 35.5. The van der Waals surface area contributed by atoms with Gasteiger partial charge < -0.3 is 4.90 Å². The van der Waals surface area contributed by atoms with Gasteiger partial charge in [-0.15, -0.1) is 11.6 Å². The lowest BCUT2D eigenvalue weighted by molar-refractivity contribution is -0.119. The van der Waals surface area contributed by atoms with Gasteiger partial charge in [0.2, 0.25) is 0 Å². The van der Waals surface area contributed by atoms with Crippen LogP contribution in [0.4, 0.5) is 0 Å². The first kappa shape index (κ1) is 12.1. The van der Waals surface area contributed by atoms with E-state index in [4.69, 9.17) is 11.6 Å². The smallest absolute Gasteiger partial charge is 0.264 e. The molecule has 6 heteroatoms. The Morgan fingerprint density at radius 2 is 2.40 bits per heavy atom. The molecular formula is C9H15ClN4O. The van der Waals surface area contributed by atoms with Crippen LogP contribution in [0.5, 0.6) is 0 Å². The molecule has 1 heterocycles. The van der Waals surface area contributed by atoms with Crippen LogP contribution in [0.3, 0.4) is 0 Å². The Bertz CT molecular complexity index is 288. The highest BCUT2D eigenvalue weighted by Crippen LogP contribution is 2.02. The fourth-order valence-electron chi connectivity index (χ4n) is 1.13. The van der Waals surface area contributed by atoms with Crippen LogP contribution in [0.15, 0.2) is 10.1 Å². The average molecular weight is 231 g/mol. The predicted molar refractivity (Wildman–Crippen MR) is 61.7 cm³/mol. The summed E-state index contributed by atoms with van der Waals surface area (Å²) in [6.45, 7) is 1.63. The van der Waals surface area contributed by atoms with Crippen LogP contribution in [-0.4, -0.2) is 55.3 Å². The van der Waals surface area contributed by atoms with Crippen LogP contribution in [0.2, 0.25) is 0 Å². The summed E-state index contributed by atoms with van der Waals surface area (Å²) in [6.07, 6.45) is 2.43. The number of hydrogen-bond donors (Lipinski definition) is 1. The lowest BCUT2D eigenvalue weighted by atomic mass is 10.2. The van der Waals surface area contributed by atoms with Crippen molar-refractivity contribution in [2.24, 2.45) is 10.1 Å². The molecule has 84 valence electrons. The molecule has 5 nitrogen and oxygen atoms in total. The topological polar surface area (TPSA) is 57.1 Å². The van der Waals surface area contributed by atoms with E-state index in [1.807, 2.05) is 14.1 Å². The third-order valence-corrected chi connectivity index (χ3v) is 2.34. The van der Waals surface area contributed by atoms with Crippen molar-refractivity contribution in [3.63, 3.8) is 0 Å². The second kappa shape index (κ2) is 5.82. The van der Waals surface area contributed by atoms with Gasteiger partial charge in [-0.05, 0) is 27.1 Å². The fraction of sp³-hybridized carbons (Fsp3) is 0.667. The van der Waals surface area contributed by atoms with E-state index in [1.54, 1.807) is 0 Å². The Morgan fingerprint density at radius 3 is 3.07 bits per heavy atom. The Balaban J connectivity index is 2.41. The Morgan fingerprint density at radius 1 is 1.67 bits per heavy atom. The Labute approximate surface area is 94.2 Å². The molecule has 0 spiro atoms. The van der Waals surface area contributed by atoms with Crippen LogP contribution in [0.25, 0.3) is 0 Å². The van der Waals surface area contributed by atoms with Crippen LogP contribution >= 0.6 is 11.6 Å². The van der Waals surface area contributed by atoms with Crippen molar-refractivity contribution >= 4 is 29.4 Å². The summed E-state index contributed by atoms with van der Waals surface area (Å²) in [4.78, 5) is 17.4. The molecule has 0 aliphatic carbocycles. The number of nitrogens with one attached hydrogen (secondary N) is 1. The maximum Gasteiger partial charge on any atom is 0.264 e. The van der Waals surface area contributed by atoms with Gasteiger partial charge in [-0.1, -0.05) is 0 Å². The quantitative estimate of drug-likeness (QED) is 0.550. The van der Waals surface area contributed by atoms with Crippen LogP contribution in [-0.2, 0) is 4.79 Å². The summed E-state index contributed by atoms with van der Waals surface area (Å²) >= 11 is 5.83. The van der Waals surface area contributed by atoms with E-state index < -0.39 is 5.38 Å². The number of carbonyl (C=O) groups excluding carboxylic acids is 1. The zero-order valence-corrected chi connectivity index (χ0v) is 9.66. The second-order valence-electron chi connectivity index (χ2n) is 3.56. The summed E-state index contributed by atoms with van der Waals surface area (Å²) in [5.74, 6) is -0.314. The van der Waals surface area contributed by atoms with E-state index in [0.29, 0.717) is 12.3 Å². The lowest BCUT2D eigenvalue weighted by Crippen LogP contribution is -2.39. The maximum absolute atomic E-state index is 11.1. The summed E-state index contributed by atoms with van der Waals surface area (Å²) < 4.78 is 0. The third-order valence-electron chi connectivity index (χ3n) is 1.92. The normalized spacial score (nSPS) is 23.6. The number of amides is 1. The monoisotopic (exact) mass is 230 g/mol. The molecule has 0 aromatic carbocycles. The van der Waals surface area contributed by atoms with Crippen molar-refractivity contribution in [1.29, 1.82) is 0 Å².